The van der Waals surface area contributed by atoms with E-state index < -0.39 is 10.1 Å². The van der Waals surface area contributed by atoms with Crippen molar-refractivity contribution in [1.29, 1.82) is 0 Å². The van der Waals surface area contributed by atoms with Crippen LogP contribution in [0.5, 0.6) is 5.75 Å². The number of hydrogen-bond donors (Lipinski definition) is 1. The quantitative estimate of drug-likeness (QED) is 0.181. The lowest BCUT2D eigenvalue weighted by Crippen LogP contribution is -2.10. The van der Waals surface area contributed by atoms with Crippen molar-refractivity contribution >= 4 is 56.0 Å². The SMILES string of the molecule is O=S(=O)(Oc1ccccc1/C=N\Nc1nc(-c2ccc(Cl)cc2Cl)cs1)c1ccccc1. The lowest BCUT2D eigenvalue weighted by Gasteiger charge is -2.09. The van der Waals surface area contributed by atoms with Crippen molar-refractivity contribution < 1.29 is 12.6 Å². The van der Waals surface area contributed by atoms with E-state index in [1.807, 2.05) is 5.38 Å². The first-order valence-electron chi connectivity index (χ1n) is 9.21. The van der Waals surface area contributed by atoms with Gasteiger partial charge in [0.1, 0.15) is 4.90 Å². The van der Waals surface area contributed by atoms with Crippen LogP contribution in [0.3, 0.4) is 0 Å². The summed E-state index contributed by atoms with van der Waals surface area (Å²) in [5.74, 6) is 0.162. The summed E-state index contributed by atoms with van der Waals surface area (Å²) in [5, 5.41) is 7.60. The molecule has 162 valence electrons. The first-order chi connectivity index (χ1) is 15.4. The zero-order valence-corrected chi connectivity index (χ0v) is 19.4. The van der Waals surface area contributed by atoms with Crippen LogP contribution in [0.1, 0.15) is 5.56 Å². The highest BCUT2D eigenvalue weighted by Crippen LogP contribution is 2.32. The Morgan fingerprint density at radius 1 is 1.00 bits per heavy atom. The van der Waals surface area contributed by atoms with E-state index in [0.29, 0.717) is 26.4 Å². The fourth-order valence-corrected chi connectivity index (χ4v) is 4.86. The molecule has 0 spiro atoms. The molecule has 4 aromatic rings. The van der Waals surface area contributed by atoms with Gasteiger partial charge in [0.25, 0.3) is 0 Å². The molecule has 3 aromatic carbocycles. The number of halogens is 2. The molecule has 0 bridgehead atoms. The third-order valence-corrected chi connectivity index (χ3v) is 6.77. The minimum Gasteiger partial charge on any atom is -0.378 e. The van der Waals surface area contributed by atoms with E-state index in [-0.39, 0.29) is 10.6 Å². The number of rotatable bonds is 7. The molecule has 0 amide bonds. The molecule has 0 aliphatic rings. The van der Waals surface area contributed by atoms with Crippen LogP contribution in [0.2, 0.25) is 10.0 Å². The standard InChI is InChI=1S/C22H15Cl2N3O3S2/c23-16-10-11-18(19(24)12-16)20-14-31-22(26-20)27-25-13-15-6-4-5-9-21(15)30-32(28,29)17-7-2-1-3-8-17/h1-14H,(H,26,27)/b25-13-. The third kappa shape index (κ3) is 5.28. The van der Waals surface area contributed by atoms with Crippen molar-refractivity contribution in [2.24, 2.45) is 5.10 Å². The lowest BCUT2D eigenvalue weighted by atomic mass is 10.2. The second kappa shape index (κ2) is 9.70. The Balaban J connectivity index is 1.49. The van der Waals surface area contributed by atoms with Gasteiger partial charge in [-0.2, -0.15) is 13.5 Å². The summed E-state index contributed by atoms with van der Waals surface area (Å²) in [5.41, 5.74) is 4.77. The van der Waals surface area contributed by atoms with Gasteiger partial charge in [0.05, 0.1) is 16.9 Å². The summed E-state index contributed by atoms with van der Waals surface area (Å²) >= 11 is 13.5. The molecule has 32 heavy (non-hydrogen) atoms. The van der Waals surface area contributed by atoms with Gasteiger partial charge in [0.2, 0.25) is 5.13 Å². The number of aromatic nitrogens is 1. The summed E-state index contributed by atoms with van der Waals surface area (Å²) in [6.07, 6.45) is 1.46. The number of anilines is 1. The maximum atomic E-state index is 12.5. The van der Waals surface area contributed by atoms with Crippen LogP contribution in [-0.2, 0) is 10.1 Å². The monoisotopic (exact) mass is 503 g/mol. The Morgan fingerprint density at radius 2 is 1.75 bits per heavy atom. The second-order valence-electron chi connectivity index (χ2n) is 6.42. The van der Waals surface area contributed by atoms with E-state index in [1.54, 1.807) is 60.7 Å². The van der Waals surface area contributed by atoms with E-state index in [2.05, 4.69) is 15.5 Å². The summed E-state index contributed by atoms with van der Waals surface area (Å²) in [6, 6.07) is 19.8. The van der Waals surface area contributed by atoms with E-state index in [9.17, 15) is 8.42 Å². The molecule has 0 atom stereocenters. The maximum Gasteiger partial charge on any atom is 0.339 e. The molecular weight excluding hydrogens is 489 g/mol. The highest BCUT2D eigenvalue weighted by Gasteiger charge is 2.17. The zero-order valence-electron chi connectivity index (χ0n) is 16.3. The molecule has 4 rings (SSSR count). The average molecular weight is 504 g/mol. The summed E-state index contributed by atoms with van der Waals surface area (Å²) < 4.78 is 30.4. The topological polar surface area (TPSA) is 80.7 Å². The van der Waals surface area contributed by atoms with Crippen LogP contribution in [0.25, 0.3) is 11.3 Å². The van der Waals surface area contributed by atoms with Gasteiger partial charge in [-0.25, -0.2) is 4.98 Å². The number of benzene rings is 3. The van der Waals surface area contributed by atoms with Crippen molar-refractivity contribution in [3.63, 3.8) is 0 Å². The molecule has 0 aliphatic heterocycles. The fraction of sp³-hybridized carbons (Fsp3) is 0. The first-order valence-corrected chi connectivity index (χ1v) is 12.3. The molecule has 10 heteroatoms. The van der Waals surface area contributed by atoms with Crippen molar-refractivity contribution in [1.82, 2.24) is 4.98 Å². The molecule has 1 heterocycles. The van der Waals surface area contributed by atoms with Crippen LogP contribution in [0, 0.1) is 0 Å². The molecule has 0 aliphatic carbocycles. The number of nitrogens with one attached hydrogen (secondary N) is 1. The Hall–Kier alpha value is -2.91. The molecule has 0 saturated carbocycles. The minimum absolute atomic E-state index is 0.0704. The van der Waals surface area contributed by atoms with Gasteiger partial charge in [-0.15, -0.1) is 11.3 Å². The first kappa shape index (κ1) is 22.3. The van der Waals surface area contributed by atoms with Crippen molar-refractivity contribution in [2.75, 3.05) is 5.43 Å². The predicted octanol–water partition coefficient (Wildman–Crippen LogP) is 6.33. The van der Waals surface area contributed by atoms with E-state index >= 15 is 0 Å². The molecule has 1 aromatic heterocycles. The summed E-state index contributed by atoms with van der Waals surface area (Å²) in [7, 11) is -3.96. The van der Waals surface area contributed by atoms with Crippen LogP contribution in [-0.4, -0.2) is 19.6 Å². The number of thiazole rings is 1. The van der Waals surface area contributed by atoms with Gasteiger partial charge < -0.3 is 4.18 Å². The van der Waals surface area contributed by atoms with Gasteiger partial charge in [-0.1, -0.05) is 53.5 Å². The number of hydrogen-bond acceptors (Lipinski definition) is 7. The molecule has 0 radical (unpaired) electrons. The molecule has 0 fully saturated rings. The normalized spacial score (nSPS) is 11.6. The fourth-order valence-electron chi connectivity index (χ4n) is 2.72. The summed E-state index contributed by atoms with van der Waals surface area (Å²) in [6.45, 7) is 0. The zero-order chi connectivity index (χ0) is 22.6. The minimum atomic E-state index is -3.96. The van der Waals surface area contributed by atoms with Gasteiger partial charge in [-0.3, -0.25) is 5.43 Å². The number of hydrazone groups is 1. The third-order valence-electron chi connectivity index (χ3n) is 4.23. The Morgan fingerprint density at radius 3 is 2.53 bits per heavy atom. The molecule has 1 N–H and O–H groups in total. The largest absolute Gasteiger partial charge is 0.378 e. The Kier molecular flexibility index (Phi) is 6.76. The van der Waals surface area contributed by atoms with Crippen LogP contribution in [0.15, 0.2) is 88.2 Å². The number of para-hydroxylation sites is 1. The average Bonchev–Trinajstić information content (AvgIpc) is 3.24. The smallest absolute Gasteiger partial charge is 0.339 e. The van der Waals surface area contributed by atoms with Gasteiger partial charge >= 0.3 is 10.1 Å². The highest BCUT2D eigenvalue weighted by molar-refractivity contribution is 7.87. The molecule has 6 nitrogen and oxygen atoms in total. The molecular formula is C22H15Cl2N3O3S2. The van der Waals surface area contributed by atoms with Crippen LogP contribution < -0.4 is 9.61 Å². The maximum absolute atomic E-state index is 12.5. The Bertz CT molecular complexity index is 1370. The van der Waals surface area contributed by atoms with Crippen LogP contribution in [0.4, 0.5) is 5.13 Å². The van der Waals surface area contributed by atoms with Crippen molar-refractivity contribution in [3.8, 4) is 17.0 Å². The second-order valence-corrected chi connectivity index (χ2v) is 9.67. The van der Waals surface area contributed by atoms with E-state index in [0.717, 1.165) is 5.56 Å². The van der Waals surface area contributed by atoms with Crippen molar-refractivity contribution in [2.45, 2.75) is 4.90 Å². The Labute approximate surface area is 199 Å². The van der Waals surface area contributed by atoms with Gasteiger partial charge in [0, 0.05) is 21.5 Å². The van der Waals surface area contributed by atoms with Gasteiger partial charge in [-0.05, 0) is 42.5 Å². The highest BCUT2D eigenvalue weighted by atomic mass is 35.5. The van der Waals surface area contributed by atoms with Crippen LogP contribution >= 0.6 is 34.5 Å². The van der Waals surface area contributed by atoms with Gasteiger partial charge in [0.15, 0.2) is 5.75 Å². The number of nitrogens with zero attached hydrogens (tertiary/aromatic N) is 2. The van der Waals surface area contributed by atoms with Crippen molar-refractivity contribution in [3.05, 3.63) is 93.8 Å². The van der Waals surface area contributed by atoms with E-state index in [1.165, 1.54) is 29.7 Å². The molecule has 0 saturated heterocycles. The molecule has 0 unspecified atom stereocenters. The summed E-state index contributed by atoms with van der Waals surface area (Å²) in [4.78, 5) is 4.53. The lowest BCUT2D eigenvalue weighted by molar-refractivity contribution is 0.485. The van der Waals surface area contributed by atoms with E-state index in [4.69, 9.17) is 27.4 Å². The predicted molar refractivity (Wildman–Crippen MR) is 129 cm³/mol.